The molecule has 1 amide bonds. The minimum atomic E-state index is -0.831. The molecular weight excluding hydrogens is 366 g/mol. The summed E-state index contributed by atoms with van der Waals surface area (Å²) >= 11 is 0. The summed E-state index contributed by atoms with van der Waals surface area (Å²) in [5, 5.41) is 7.46. The second-order valence-electron chi connectivity index (χ2n) is 7.08. The number of nitrogens with one attached hydrogen (secondary N) is 1. The lowest BCUT2D eigenvalue weighted by Gasteiger charge is -2.31. The molecule has 28 heavy (non-hydrogen) atoms. The maximum absolute atomic E-state index is 13.7. The highest BCUT2D eigenvalue weighted by Crippen LogP contribution is 2.27. The highest BCUT2D eigenvalue weighted by molar-refractivity contribution is 5.92. The van der Waals surface area contributed by atoms with E-state index < -0.39 is 17.5 Å². The first-order valence-corrected chi connectivity index (χ1v) is 9.17. The number of hydrogen-bond donors (Lipinski definition) is 1. The zero-order chi connectivity index (χ0) is 19.7. The monoisotopic (exact) mass is 386 g/mol. The Hall–Kier alpha value is -3.10. The summed E-state index contributed by atoms with van der Waals surface area (Å²) < 4.78 is 28.2. The molecule has 0 saturated carbocycles. The Morgan fingerprint density at radius 3 is 2.79 bits per heavy atom. The van der Waals surface area contributed by atoms with Gasteiger partial charge in [-0.3, -0.25) is 4.79 Å². The smallest absolute Gasteiger partial charge is 0.246 e. The van der Waals surface area contributed by atoms with Crippen LogP contribution >= 0.6 is 0 Å². The Balaban J connectivity index is 1.53. The lowest BCUT2D eigenvalue weighted by Crippen LogP contribution is -2.33. The summed E-state index contributed by atoms with van der Waals surface area (Å²) in [7, 11) is 0. The molecule has 4 rings (SSSR count). The first-order valence-electron chi connectivity index (χ1n) is 9.17. The van der Waals surface area contributed by atoms with E-state index in [0.29, 0.717) is 11.6 Å². The Bertz CT molecular complexity index is 1010. The molecule has 0 spiro atoms. The Morgan fingerprint density at radius 1 is 1.25 bits per heavy atom. The van der Waals surface area contributed by atoms with Crippen molar-refractivity contribution in [1.82, 2.24) is 19.7 Å². The molecule has 1 saturated heterocycles. The Morgan fingerprint density at radius 2 is 2.04 bits per heavy atom. The van der Waals surface area contributed by atoms with Crippen molar-refractivity contribution in [3.63, 3.8) is 0 Å². The van der Waals surface area contributed by atoms with E-state index in [1.807, 2.05) is 0 Å². The summed E-state index contributed by atoms with van der Waals surface area (Å²) in [4.78, 5) is 23.2. The number of fused-ring (bicyclic) bond motifs is 1. The second kappa shape index (κ2) is 7.49. The van der Waals surface area contributed by atoms with Gasteiger partial charge in [0.1, 0.15) is 30.3 Å². The summed E-state index contributed by atoms with van der Waals surface area (Å²) in [6, 6.07) is 2.99. The molecule has 0 bridgehead atoms. The van der Waals surface area contributed by atoms with Crippen molar-refractivity contribution in [3.8, 4) is 0 Å². The molecule has 7 nitrogen and oxygen atoms in total. The molecule has 0 aliphatic carbocycles. The molecule has 9 heteroatoms. The minimum Gasteiger partial charge on any atom is -0.356 e. The number of amides is 1. The van der Waals surface area contributed by atoms with E-state index in [2.05, 4.69) is 32.2 Å². The normalized spacial score (nSPS) is 15.2. The maximum atomic E-state index is 13.7. The zero-order valence-corrected chi connectivity index (χ0v) is 15.4. The van der Waals surface area contributed by atoms with Crippen LogP contribution in [0.15, 0.2) is 30.7 Å². The SMILES string of the molecule is CC1CCN(c2ncnc3c2cnn3CC(=O)Nc2ccc(F)cc2F)CC1. The molecule has 1 aliphatic heterocycles. The van der Waals surface area contributed by atoms with Crippen LogP contribution in [-0.4, -0.2) is 38.7 Å². The van der Waals surface area contributed by atoms with E-state index in [1.54, 1.807) is 6.20 Å². The molecule has 1 aromatic carbocycles. The highest BCUT2D eigenvalue weighted by Gasteiger charge is 2.21. The van der Waals surface area contributed by atoms with Crippen LogP contribution in [0.1, 0.15) is 19.8 Å². The van der Waals surface area contributed by atoms with Gasteiger partial charge in [0.25, 0.3) is 0 Å². The molecule has 3 aromatic rings. The lowest BCUT2D eigenvalue weighted by atomic mass is 9.99. The molecule has 1 N–H and O–H groups in total. The molecule has 0 unspecified atom stereocenters. The van der Waals surface area contributed by atoms with Crippen LogP contribution < -0.4 is 10.2 Å². The zero-order valence-electron chi connectivity index (χ0n) is 15.4. The van der Waals surface area contributed by atoms with Crippen LogP contribution in [0.3, 0.4) is 0 Å². The van der Waals surface area contributed by atoms with E-state index in [0.717, 1.165) is 49.3 Å². The van der Waals surface area contributed by atoms with E-state index in [1.165, 1.54) is 17.1 Å². The fraction of sp³-hybridized carbons (Fsp3) is 0.368. The van der Waals surface area contributed by atoms with Gasteiger partial charge in [0, 0.05) is 19.2 Å². The van der Waals surface area contributed by atoms with Crippen LogP contribution in [0.2, 0.25) is 0 Å². The largest absolute Gasteiger partial charge is 0.356 e. The summed E-state index contributed by atoms with van der Waals surface area (Å²) in [5.41, 5.74) is 0.457. The van der Waals surface area contributed by atoms with Crippen molar-refractivity contribution in [3.05, 3.63) is 42.4 Å². The average Bonchev–Trinajstić information content (AvgIpc) is 3.08. The Kier molecular flexibility index (Phi) is 4.89. The molecule has 146 valence electrons. The van der Waals surface area contributed by atoms with Crippen molar-refractivity contribution < 1.29 is 13.6 Å². The number of hydrogen-bond acceptors (Lipinski definition) is 5. The van der Waals surface area contributed by atoms with Gasteiger partial charge in [-0.05, 0) is 30.9 Å². The van der Waals surface area contributed by atoms with Gasteiger partial charge < -0.3 is 10.2 Å². The van der Waals surface area contributed by atoms with Gasteiger partial charge in [-0.2, -0.15) is 5.10 Å². The first-order chi connectivity index (χ1) is 13.5. The molecule has 1 aliphatic rings. The van der Waals surface area contributed by atoms with Crippen molar-refractivity contribution >= 4 is 28.4 Å². The summed E-state index contributed by atoms with van der Waals surface area (Å²) in [6.45, 7) is 3.94. The molecule has 3 heterocycles. The number of halogens is 2. The quantitative estimate of drug-likeness (QED) is 0.746. The van der Waals surface area contributed by atoms with Gasteiger partial charge in [0.2, 0.25) is 5.91 Å². The van der Waals surface area contributed by atoms with Crippen molar-refractivity contribution in [2.45, 2.75) is 26.3 Å². The predicted octanol–water partition coefficient (Wildman–Crippen LogP) is 2.98. The number of benzene rings is 1. The lowest BCUT2D eigenvalue weighted by molar-refractivity contribution is -0.116. The predicted molar refractivity (Wildman–Crippen MR) is 101 cm³/mol. The van der Waals surface area contributed by atoms with Gasteiger partial charge in [-0.15, -0.1) is 0 Å². The second-order valence-corrected chi connectivity index (χ2v) is 7.08. The van der Waals surface area contributed by atoms with Crippen molar-refractivity contribution in [1.29, 1.82) is 0 Å². The van der Waals surface area contributed by atoms with Crippen LogP contribution in [0, 0.1) is 17.6 Å². The van der Waals surface area contributed by atoms with Crippen molar-refractivity contribution in [2.24, 2.45) is 5.92 Å². The van der Waals surface area contributed by atoms with E-state index in [4.69, 9.17) is 0 Å². The van der Waals surface area contributed by atoms with Crippen LogP contribution in [0.25, 0.3) is 11.0 Å². The third-order valence-corrected chi connectivity index (χ3v) is 4.99. The first kappa shape index (κ1) is 18.3. The van der Waals surface area contributed by atoms with Crippen LogP contribution in [0.4, 0.5) is 20.3 Å². The Labute approximate surface area is 160 Å². The number of aromatic nitrogens is 4. The van der Waals surface area contributed by atoms with Crippen LogP contribution in [-0.2, 0) is 11.3 Å². The van der Waals surface area contributed by atoms with E-state index >= 15 is 0 Å². The standard InChI is InChI=1S/C19H20F2N6O/c1-12-4-6-26(7-5-12)18-14-9-24-27(19(14)23-11-22-18)10-17(28)25-16-3-2-13(20)8-15(16)21/h2-3,8-9,11-12H,4-7,10H2,1H3,(H,25,28). The third-order valence-electron chi connectivity index (χ3n) is 4.99. The van der Waals surface area contributed by atoms with Gasteiger partial charge in [-0.1, -0.05) is 6.92 Å². The topological polar surface area (TPSA) is 75.9 Å². The van der Waals surface area contributed by atoms with Gasteiger partial charge >= 0.3 is 0 Å². The van der Waals surface area contributed by atoms with Crippen LogP contribution in [0.5, 0.6) is 0 Å². The minimum absolute atomic E-state index is 0.0828. The van der Waals surface area contributed by atoms with Gasteiger partial charge in [-0.25, -0.2) is 23.4 Å². The van der Waals surface area contributed by atoms with Gasteiger partial charge in [0.15, 0.2) is 5.65 Å². The molecule has 1 fully saturated rings. The number of carbonyl (C=O) groups excluding carboxylic acids is 1. The van der Waals surface area contributed by atoms with Crippen molar-refractivity contribution in [2.75, 3.05) is 23.3 Å². The van der Waals surface area contributed by atoms with E-state index in [-0.39, 0.29) is 12.2 Å². The average molecular weight is 386 g/mol. The maximum Gasteiger partial charge on any atom is 0.246 e. The fourth-order valence-electron chi connectivity index (χ4n) is 3.39. The van der Waals surface area contributed by atoms with Gasteiger partial charge in [0.05, 0.1) is 17.3 Å². The molecule has 0 atom stereocenters. The summed E-state index contributed by atoms with van der Waals surface area (Å²) in [6.07, 6.45) is 5.32. The molecular formula is C19H20F2N6O. The fourth-order valence-corrected chi connectivity index (χ4v) is 3.39. The number of anilines is 2. The molecule has 0 radical (unpaired) electrons. The highest BCUT2D eigenvalue weighted by atomic mass is 19.1. The molecule has 2 aromatic heterocycles. The summed E-state index contributed by atoms with van der Waals surface area (Å²) in [5.74, 6) is -0.505. The number of nitrogens with zero attached hydrogens (tertiary/aromatic N) is 5. The number of piperidine rings is 1. The third kappa shape index (κ3) is 3.64. The number of rotatable bonds is 4. The number of carbonyl (C=O) groups is 1. The van der Waals surface area contributed by atoms with E-state index in [9.17, 15) is 13.6 Å².